The van der Waals surface area contributed by atoms with Gasteiger partial charge in [0.15, 0.2) is 0 Å². The Balaban J connectivity index is 0.00000363. The normalized spacial score (nSPS) is 37.8. The number of carbonyl (C=O) groups excluding carboxylic acids is 3. The van der Waals surface area contributed by atoms with E-state index in [9.17, 15) is 14.4 Å². The molecule has 0 unspecified atom stereocenters. The number of likely N-dealkylation sites (N-methyl/N-ethyl adjacent to an activating group) is 1. The van der Waals surface area contributed by atoms with Crippen LogP contribution in [-0.2, 0) is 23.9 Å². The number of methoxy groups -OCH3 is 1. The van der Waals surface area contributed by atoms with Crippen molar-refractivity contribution in [1.29, 1.82) is 0 Å². The SMILES string of the molecule is COC(=O)[C@@]1(C)CCC[C@@]2(C)[C@H]1CC(=O)[C@H]1[C@@H](C)/C(=C/C(=O)OCCN(C)C)CC[C@@H]12.Cl. The summed E-state index contributed by atoms with van der Waals surface area (Å²) < 4.78 is 10.5. The topological polar surface area (TPSA) is 72.9 Å². The van der Waals surface area contributed by atoms with Crippen molar-refractivity contribution in [2.75, 3.05) is 34.4 Å². The maximum atomic E-state index is 13.4. The Hall–Kier alpha value is -1.40. The van der Waals surface area contributed by atoms with Crippen LogP contribution in [0.1, 0.15) is 59.3 Å². The predicted octanol–water partition coefficient (Wildman–Crippen LogP) is 4.06. The van der Waals surface area contributed by atoms with Crippen LogP contribution < -0.4 is 0 Å². The zero-order valence-corrected chi connectivity index (χ0v) is 21.3. The van der Waals surface area contributed by atoms with Gasteiger partial charge in [-0.1, -0.05) is 25.8 Å². The van der Waals surface area contributed by atoms with Gasteiger partial charge in [0.2, 0.25) is 0 Å². The number of fused-ring (bicyclic) bond motifs is 3. The van der Waals surface area contributed by atoms with E-state index in [2.05, 4.69) is 13.8 Å². The fraction of sp³-hybridized carbons (Fsp3) is 0.800. The molecule has 3 aliphatic rings. The van der Waals surface area contributed by atoms with Crippen LogP contribution in [0.2, 0.25) is 0 Å². The Bertz CT molecular complexity index is 765. The molecule has 182 valence electrons. The molecule has 0 heterocycles. The average molecular weight is 470 g/mol. The number of ether oxygens (including phenoxy) is 2. The Kier molecular flexibility index (Phi) is 8.60. The van der Waals surface area contributed by atoms with E-state index in [4.69, 9.17) is 9.47 Å². The van der Waals surface area contributed by atoms with Crippen molar-refractivity contribution in [2.24, 2.45) is 34.5 Å². The molecule has 32 heavy (non-hydrogen) atoms. The maximum absolute atomic E-state index is 13.4. The number of carbonyl (C=O) groups is 3. The quantitative estimate of drug-likeness (QED) is 0.446. The first-order valence-electron chi connectivity index (χ1n) is 11.7. The summed E-state index contributed by atoms with van der Waals surface area (Å²) in [6.07, 6.45) is 6.52. The molecule has 0 aromatic heterocycles. The van der Waals surface area contributed by atoms with Gasteiger partial charge in [-0.25, -0.2) is 4.79 Å². The number of allylic oxidation sites excluding steroid dienone is 1. The third-order valence-electron chi connectivity index (χ3n) is 8.64. The third kappa shape index (κ3) is 4.77. The van der Waals surface area contributed by atoms with Gasteiger partial charge in [-0.3, -0.25) is 9.59 Å². The highest BCUT2D eigenvalue weighted by molar-refractivity contribution is 5.87. The number of ketones is 1. The molecular weight excluding hydrogens is 430 g/mol. The molecule has 6 nitrogen and oxygen atoms in total. The molecule has 3 saturated carbocycles. The van der Waals surface area contributed by atoms with Gasteiger partial charge in [-0.2, -0.15) is 0 Å². The van der Waals surface area contributed by atoms with Crippen LogP contribution in [0.25, 0.3) is 0 Å². The summed E-state index contributed by atoms with van der Waals surface area (Å²) in [6.45, 7) is 7.42. The number of hydrogen-bond donors (Lipinski definition) is 0. The van der Waals surface area contributed by atoms with E-state index in [0.29, 0.717) is 19.6 Å². The van der Waals surface area contributed by atoms with Crippen molar-refractivity contribution in [3.05, 3.63) is 11.6 Å². The van der Waals surface area contributed by atoms with E-state index < -0.39 is 5.41 Å². The van der Waals surface area contributed by atoms with Crippen LogP contribution in [0, 0.1) is 34.5 Å². The first-order chi connectivity index (χ1) is 14.5. The van der Waals surface area contributed by atoms with Gasteiger partial charge in [0.1, 0.15) is 12.4 Å². The highest BCUT2D eigenvalue weighted by atomic mass is 35.5. The molecule has 0 N–H and O–H groups in total. The Morgan fingerprint density at radius 3 is 2.53 bits per heavy atom. The van der Waals surface area contributed by atoms with E-state index in [1.807, 2.05) is 25.9 Å². The molecule has 0 radical (unpaired) electrons. The second-order valence-corrected chi connectivity index (χ2v) is 10.6. The number of esters is 2. The molecule has 0 spiro atoms. The summed E-state index contributed by atoms with van der Waals surface area (Å²) in [5.41, 5.74) is 0.363. The smallest absolute Gasteiger partial charge is 0.330 e. The van der Waals surface area contributed by atoms with Crippen LogP contribution in [0.3, 0.4) is 0 Å². The van der Waals surface area contributed by atoms with Crippen molar-refractivity contribution in [1.82, 2.24) is 4.90 Å². The van der Waals surface area contributed by atoms with Gasteiger partial charge >= 0.3 is 11.9 Å². The van der Waals surface area contributed by atoms with Crippen molar-refractivity contribution in [3.8, 4) is 0 Å². The molecular formula is C25H40ClNO5. The highest BCUT2D eigenvalue weighted by Gasteiger charge is 2.62. The van der Waals surface area contributed by atoms with Crippen LogP contribution in [-0.4, -0.2) is 57.0 Å². The minimum absolute atomic E-state index is 0. The maximum Gasteiger partial charge on any atom is 0.330 e. The summed E-state index contributed by atoms with van der Waals surface area (Å²) in [4.78, 5) is 40.4. The van der Waals surface area contributed by atoms with Crippen molar-refractivity contribution >= 4 is 30.1 Å². The first kappa shape index (κ1) is 26.8. The van der Waals surface area contributed by atoms with Crippen molar-refractivity contribution in [3.63, 3.8) is 0 Å². The summed E-state index contributed by atoms with van der Waals surface area (Å²) in [5, 5.41) is 0. The number of rotatable bonds is 5. The van der Waals surface area contributed by atoms with E-state index in [1.54, 1.807) is 6.08 Å². The fourth-order valence-corrected chi connectivity index (χ4v) is 6.91. The minimum Gasteiger partial charge on any atom is -0.469 e. The Morgan fingerprint density at radius 1 is 1.22 bits per heavy atom. The van der Waals surface area contributed by atoms with Crippen molar-refractivity contribution in [2.45, 2.75) is 59.3 Å². The van der Waals surface area contributed by atoms with Crippen LogP contribution in [0.15, 0.2) is 11.6 Å². The molecule has 0 saturated heterocycles. The lowest BCUT2D eigenvalue weighted by molar-refractivity contribution is -0.178. The van der Waals surface area contributed by atoms with Gasteiger partial charge in [-0.15, -0.1) is 12.4 Å². The predicted molar refractivity (Wildman–Crippen MR) is 125 cm³/mol. The van der Waals surface area contributed by atoms with Gasteiger partial charge in [0.25, 0.3) is 0 Å². The molecule has 0 aromatic rings. The van der Waals surface area contributed by atoms with Crippen LogP contribution in [0.4, 0.5) is 0 Å². The lowest BCUT2D eigenvalue weighted by Gasteiger charge is -2.60. The molecule has 6 atom stereocenters. The first-order valence-corrected chi connectivity index (χ1v) is 11.7. The minimum atomic E-state index is -0.599. The third-order valence-corrected chi connectivity index (χ3v) is 8.64. The molecule has 3 aliphatic carbocycles. The number of nitrogens with zero attached hydrogens (tertiary/aromatic N) is 1. The van der Waals surface area contributed by atoms with Crippen LogP contribution >= 0.6 is 12.4 Å². The fourth-order valence-electron chi connectivity index (χ4n) is 6.91. The van der Waals surface area contributed by atoms with Gasteiger partial charge in [-0.05, 0) is 69.9 Å². The van der Waals surface area contributed by atoms with E-state index in [1.165, 1.54) is 7.11 Å². The number of Topliss-reactive ketones (excluding diaryl/α,β-unsaturated/α-hetero) is 1. The monoisotopic (exact) mass is 469 g/mol. The Labute approximate surface area is 198 Å². The summed E-state index contributed by atoms with van der Waals surface area (Å²) >= 11 is 0. The summed E-state index contributed by atoms with van der Waals surface area (Å²) in [7, 11) is 5.33. The molecule has 0 aromatic carbocycles. The zero-order valence-electron chi connectivity index (χ0n) is 20.4. The molecule has 7 heteroatoms. The second kappa shape index (κ2) is 10.3. The molecule has 3 rings (SSSR count). The zero-order chi connectivity index (χ0) is 23.0. The summed E-state index contributed by atoms with van der Waals surface area (Å²) in [6, 6.07) is 0. The lowest BCUT2D eigenvalue weighted by Crippen LogP contribution is -2.59. The van der Waals surface area contributed by atoms with Gasteiger partial charge in [0, 0.05) is 25.0 Å². The van der Waals surface area contributed by atoms with E-state index in [-0.39, 0.29) is 59.2 Å². The standard InChI is InChI=1S/C25H39NO5.ClH/c1-16-17(14-21(28)31-13-12-26(4)5)8-9-18-22(16)19(27)15-20-24(18,2)10-7-11-25(20,3)23(29)30-6;/h14,16,18,20,22H,7-13,15H2,1-6H3;1H/b17-14+;/t16-,18-,20+,22-,24+,25-;/m0./s1. The summed E-state index contributed by atoms with van der Waals surface area (Å²) in [5.74, 6) is -0.0650. The number of halogens is 1. The molecule has 0 aliphatic heterocycles. The van der Waals surface area contributed by atoms with Gasteiger partial charge in [0.05, 0.1) is 12.5 Å². The lowest BCUT2D eigenvalue weighted by atomic mass is 9.43. The highest BCUT2D eigenvalue weighted by Crippen LogP contribution is 2.64. The molecule has 3 fully saturated rings. The molecule has 0 amide bonds. The second-order valence-electron chi connectivity index (χ2n) is 10.6. The average Bonchev–Trinajstić information content (AvgIpc) is 2.70. The van der Waals surface area contributed by atoms with Gasteiger partial charge < -0.3 is 14.4 Å². The van der Waals surface area contributed by atoms with E-state index in [0.717, 1.165) is 37.7 Å². The molecule has 0 bridgehead atoms. The van der Waals surface area contributed by atoms with E-state index >= 15 is 0 Å². The van der Waals surface area contributed by atoms with Crippen molar-refractivity contribution < 1.29 is 23.9 Å². The Morgan fingerprint density at radius 2 is 1.91 bits per heavy atom. The van der Waals surface area contributed by atoms with Crippen LogP contribution in [0.5, 0.6) is 0 Å². The number of hydrogen-bond acceptors (Lipinski definition) is 6. The largest absolute Gasteiger partial charge is 0.469 e.